The van der Waals surface area contributed by atoms with Crippen molar-refractivity contribution in [2.24, 2.45) is 5.92 Å². The van der Waals surface area contributed by atoms with Crippen molar-refractivity contribution in [3.05, 3.63) is 71.9 Å². The third-order valence-corrected chi connectivity index (χ3v) is 5.24. The molecule has 1 atom stereocenters. The van der Waals surface area contributed by atoms with E-state index in [1.54, 1.807) is 11.0 Å². The van der Waals surface area contributed by atoms with E-state index in [1.165, 1.54) is 0 Å². The predicted octanol–water partition coefficient (Wildman–Crippen LogP) is 4.03. The van der Waals surface area contributed by atoms with Crippen LogP contribution in [0.25, 0.3) is 10.8 Å². The number of carbonyl (C=O) groups is 2. The molecule has 2 amide bonds. The Morgan fingerprint density at radius 2 is 1.82 bits per heavy atom. The van der Waals surface area contributed by atoms with Gasteiger partial charge >= 0.3 is 0 Å². The zero-order chi connectivity index (χ0) is 19.5. The summed E-state index contributed by atoms with van der Waals surface area (Å²) >= 11 is 0. The average Bonchev–Trinajstić information content (AvgIpc) is 2.73. The Kier molecular flexibility index (Phi) is 5.06. The minimum atomic E-state index is -0.227. The van der Waals surface area contributed by atoms with E-state index < -0.39 is 0 Å². The standard InChI is InChI=1S/C23H23N3O2/c1-16-7-4-13-21(24-16)25-22(27)18-10-6-14-26(15-18)23(28)20-12-5-9-17-8-2-3-11-19(17)20/h2-5,7-9,11-13,18H,6,10,14-15H2,1H3,(H,24,25,27). The number of aryl methyl sites for hydroxylation is 1. The third-order valence-electron chi connectivity index (χ3n) is 5.24. The van der Waals surface area contributed by atoms with Crippen LogP contribution in [-0.2, 0) is 4.79 Å². The number of nitrogens with zero attached hydrogens (tertiary/aromatic N) is 2. The molecule has 5 nitrogen and oxygen atoms in total. The van der Waals surface area contributed by atoms with Crippen molar-refractivity contribution in [2.45, 2.75) is 19.8 Å². The molecule has 1 unspecified atom stereocenters. The monoisotopic (exact) mass is 373 g/mol. The number of nitrogens with one attached hydrogen (secondary N) is 1. The minimum Gasteiger partial charge on any atom is -0.338 e. The number of amides is 2. The van der Waals surface area contributed by atoms with Gasteiger partial charge in [0.2, 0.25) is 5.91 Å². The lowest BCUT2D eigenvalue weighted by molar-refractivity contribution is -0.121. The van der Waals surface area contributed by atoms with Crippen molar-refractivity contribution in [1.29, 1.82) is 0 Å². The number of rotatable bonds is 3. The molecule has 142 valence electrons. The largest absolute Gasteiger partial charge is 0.338 e. The van der Waals surface area contributed by atoms with Gasteiger partial charge in [0.15, 0.2) is 0 Å². The first-order valence-corrected chi connectivity index (χ1v) is 9.63. The summed E-state index contributed by atoms with van der Waals surface area (Å²) in [6.07, 6.45) is 1.59. The number of aromatic nitrogens is 1. The van der Waals surface area contributed by atoms with E-state index in [-0.39, 0.29) is 17.7 Å². The first-order valence-electron chi connectivity index (χ1n) is 9.63. The molecule has 1 aliphatic heterocycles. The van der Waals surface area contributed by atoms with Crippen molar-refractivity contribution in [3.8, 4) is 0 Å². The van der Waals surface area contributed by atoms with Crippen LogP contribution in [0.4, 0.5) is 5.82 Å². The molecule has 0 saturated carbocycles. The van der Waals surface area contributed by atoms with Crippen molar-refractivity contribution < 1.29 is 9.59 Å². The smallest absolute Gasteiger partial charge is 0.254 e. The van der Waals surface area contributed by atoms with Gasteiger partial charge in [-0.05, 0) is 48.7 Å². The van der Waals surface area contributed by atoms with Gasteiger partial charge < -0.3 is 10.2 Å². The van der Waals surface area contributed by atoms with Gasteiger partial charge in [-0.1, -0.05) is 42.5 Å². The highest BCUT2D eigenvalue weighted by molar-refractivity contribution is 6.07. The summed E-state index contributed by atoms with van der Waals surface area (Å²) in [5, 5.41) is 4.89. The van der Waals surface area contributed by atoms with E-state index >= 15 is 0 Å². The van der Waals surface area contributed by atoms with Gasteiger partial charge in [0.25, 0.3) is 5.91 Å². The summed E-state index contributed by atoms with van der Waals surface area (Å²) in [6.45, 7) is 3.00. The highest BCUT2D eigenvalue weighted by Gasteiger charge is 2.29. The Hall–Kier alpha value is -3.21. The number of fused-ring (bicyclic) bond motifs is 1. The molecule has 1 aromatic heterocycles. The maximum atomic E-state index is 13.2. The summed E-state index contributed by atoms with van der Waals surface area (Å²) in [7, 11) is 0. The Morgan fingerprint density at radius 3 is 2.68 bits per heavy atom. The van der Waals surface area contributed by atoms with E-state index in [4.69, 9.17) is 0 Å². The number of carbonyl (C=O) groups excluding carboxylic acids is 2. The van der Waals surface area contributed by atoms with Gasteiger partial charge in [-0.25, -0.2) is 4.98 Å². The van der Waals surface area contributed by atoms with E-state index in [0.29, 0.717) is 24.5 Å². The molecule has 0 bridgehead atoms. The summed E-state index contributed by atoms with van der Waals surface area (Å²) in [5.74, 6) is 0.244. The molecule has 1 fully saturated rings. The van der Waals surface area contributed by atoms with Crippen LogP contribution in [0.5, 0.6) is 0 Å². The van der Waals surface area contributed by atoms with Crippen molar-refractivity contribution in [3.63, 3.8) is 0 Å². The zero-order valence-electron chi connectivity index (χ0n) is 15.9. The van der Waals surface area contributed by atoms with E-state index in [1.807, 2.05) is 61.5 Å². The number of hydrogen-bond acceptors (Lipinski definition) is 3. The molecular formula is C23H23N3O2. The minimum absolute atomic E-state index is 0.0111. The summed E-state index contributed by atoms with van der Waals surface area (Å²) < 4.78 is 0. The Balaban J connectivity index is 1.50. The molecule has 2 heterocycles. The van der Waals surface area contributed by atoms with Crippen LogP contribution < -0.4 is 5.32 Å². The molecule has 0 aliphatic carbocycles. The van der Waals surface area contributed by atoms with E-state index in [0.717, 1.165) is 29.3 Å². The zero-order valence-corrected chi connectivity index (χ0v) is 15.9. The number of piperidine rings is 1. The SMILES string of the molecule is Cc1cccc(NC(=O)C2CCCN(C(=O)c3cccc4ccccc34)C2)n1. The molecule has 2 aromatic carbocycles. The topological polar surface area (TPSA) is 62.3 Å². The van der Waals surface area contributed by atoms with Crippen molar-refractivity contribution in [2.75, 3.05) is 18.4 Å². The first kappa shape index (κ1) is 18.2. The molecular weight excluding hydrogens is 350 g/mol. The van der Waals surface area contributed by atoms with Crippen LogP contribution >= 0.6 is 0 Å². The maximum absolute atomic E-state index is 13.2. The maximum Gasteiger partial charge on any atom is 0.254 e. The lowest BCUT2D eigenvalue weighted by Crippen LogP contribution is -2.43. The number of likely N-dealkylation sites (tertiary alicyclic amines) is 1. The van der Waals surface area contributed by atoms with Gasteiger partial charge in [0, 0.05) is 24.3 Å². The van der Waals surface area contributed by atoms with Gasteiger partial charge in [0.1, 0.15) is 5.82 Å². The Bertz CT molecular complexity index is 1030. The molecule has 1 N–H and O–H groups in total. The molecule has 4 rings (SSSR count). The van der Waals surface area contributed by atoms with Crippen LogP contribution in [0, 0.1) is 12.8 Å². The lowest BCUT2D eigenvalue weighted by atomic mass is 9.95. The molecule has 1 saturated heterocycles. The van der Waals surface area contributed by atoms with E-state index in [9.17, 15) is 9.59 Å². The van der Waals surface area contributed by atoms with Crippen LogP contribution in [0.15, 0.2) is 60.7 Å². The quantitative estimate of drug-likeness (QED) is 0.754. The fourth-order valence-electron chi connectivity index (χ4n) is 3.80. The van der Waals surface area contributed by atoms with Crippen molar-refractivity contribution in [1.82, 2.24) is 9.88 Å². The van der Waals surface area contributed by atoms with Gasteiger partial charge in [0.05, 0.1) is 5.92 Å². The second-order valence-corrected chi connectivity index (χ2v) is 7.27. The molecule has 0 spiro atoms. The van der Waals surface area contributed by atoms with Crippen LogP contribution in [-0.4, -0.2) is 34.8 Å². The Labute approximate surface area is 164 Å². The summed E-state index contributed by atoms with van der Waals surface area (Å²) in [4.78, 5) is 32.0. The predicted molar refractivity (Wildman–Crippen MR) is 110 cm³/mol. The molecule has 3 aromatic rings. The first-order chi connectivity index (χ1) is 13.6. The molecule has 28 heavy (non-hydrogen) atoms. The van der Waals surface area contributed by atoms with Crippen LogP contribution in [0.1, 0.15) is 28.9 Å². The number of hydrogen-bond donors (Lipinski definition) is 1. The normalized spacial score (nSPS) is 16.8. The molecule has 0 radical (unpaired) electrons. The van der Waals surface area contributed by atoms with Gasteiger partial charge in [-0.2, -0.15) is 0 Å². The lowest BCUT2D eigenvalue weighted by Gasteiger charge is -2.32. The molecule has 5 heteroatoms. The Morgan fingerprint density at radius 1 is 1.04 bits per heavy atom. The number of pyridine rings is 1. The van der Waals surface area contributed by atoms with Gasteiger partial charge in [-0.3, -0.25) is 9.59 Å². The van der Waals surface area contributed by atoms with Crippen LogP contribution in [0.3, 0.4) is 0 Å². The number of anilines is 1. The van der Waals surface area contributed by atoms with E-state index in [2.05, 4.69) is 10.3 Å². The summed E-state index contributed by atoms with van der Waals surface area (Å²) in [5.41, 5.74) is 1.55. The second kappa shape index (κ2) is 7.80. The van der Waals surface area contributed by atoms with Crippen molar-refractivity contribution >= 4 is 28.4 Å². The fraction of sp³-hybridized carbons (Fsp3) is 0.261. The fourth-order valence-corrected chi connectivity index (χ4v) is 3.80. The number of benzene rings is 2. The van der Waals surface area contributed by atoms with Gasteiger partial charge in [-0.15, -0.1) is 0 Å². The average molecular weight is 373 g/mol. The summed E-state index contributed by atoms with van der Waals surface area (Å²) in [6, 6.07) is 19.2. The molecule has 1 aliphatic rings. The second-order valence-electron chi connectivity index (χ2n) is 7.27. The third kappa shape index (κ3) is 3.74. The highest BCUT2D eigenvalue weighted by atomic mass is 16.2. The van der Waals surface area contributed by atoms with Crippen LogP contribution in [0.2, 0.25) is 0 Å². The highest BCUT2D eigenvalue weighted by Crippen LogP contribution is 2.24.